The summed E-state index contributed by atoms with van der Waals surface area (Å²) in [6.07, 6.45) is -3.17. The molecule has 0 unspecified atom stereocenters. The Morgan fingerprint density at radius 1 is 1.13 bits per heavy atom. The van der Waals surface area contributed by atoms with Crippen molar-refractivity contribution >= 4 is 22.5 Å². The van der Waals surface area contributed by atoms with Gasteiger partial charge in [-0.15, -0.1) is 0 Å². The molecular formula is C16H10ClF3N2O. The molecule has 0 aliphatic rings. The fourth-order valence-corrected chi connectivity index (χ4v) is 2.53. The zero-order chi connectivity index (χ0) is 16.6. The van der Waals surface area contributed by atoms with E-state index in [2.05, 4.69) is 9.97 Å². The van der Waals surface area contributed by atoms with Crippen molar-refractivity contribution in [3.63, 3.8) is 0 Å². The van der Waals surface area contributed by atoms with Crippen LogP contribution < -0.4 is 4.74 Å². The second-order valence-corrected chi connectivity index (χ2v) is 5.18. The van der Waals surface area contributed by atoms with Gasteiger partial charge in [-0.1, -0.05) is 23.7 Å². The van der Waals surface area contributed by atoms with Gasteiger partial charge in [0, 0.05) is 23.2 Å². The topological polar surface area (TPSA) is 35.0 Å². The van der Waals surface area contributed by atoms with Crippen molar-refractivity contribution in [2.45, 2.75) is 6.18 Å². The maximum Gasteiger partial charge on any atom is 0.418 e. The summed E-state index contributed by atoms with van der Waals surface area (Å²) in [6.45, 7) is 0. The third-order valence-corrected chi connectivity index (χ3v) is 3.64. The average Bonchev–Trinajstić information content (AvgIpc) is 2.53. The predicted octanol–water partition coefficient (Wildman–Crippen LogP) is 4.98. The second-order valence-electron chi connectivity index (χ2n) is 4.78. The van der Waals surface area contributed by atoms with E-state index >= 15 is 0 Å². The molecule has 0 aliphatic carbocycles. The summed E-state index contributed by atoms with van der Waals surface area (Å²) in [5.74, 6) is 0.289. The zero-order valence-electron chi connectivity index (χ0n) is 11.9. The molecule has 0 aliphatic heterocycles. The van der Waals surface area contributed by atoms with Gasteiger partial charge in [-0.2, -0.15) is 13.2 Å². The van der Waals surface area contributed by atoms with Crippen LogP contribution in [0, 0.1) is 0 Å². The number of hydrogen-bond donors (Lipinski definition) is 0. The molecule has 0 atom stereocenters. The summed E-state index contributed by atoms with van der Waals surface area (Å²) in [5.41, 5.74) is -0.205. The van der Waals surface area contributed by atoms with Crippen LogP contribution in [0.3, 0.4) is 0 Å². The molecule has 118 valence electrons. The minimum atomic E-state index is -4.49. The molecule has 0 amide bonds. The first-order chi connectivity index (χ1) is 10.9. The zero-order valence-corrected chi connectivity index (χ0v) is 12.6. The monoisotopic (exact) mass is 338 g/mol. The van der Waals surface area contributed by atoms with Crippen molar-refractivity contribution in [2.75, 3.05) is 7.11 Å². The molecule has 0 bridgehead atoms. The van der Waals surface area contributed by atoms with Crippen LogP contribution in [0.15, 0.2) is 42.6 Å². The number of aromatic nitrogens is 2. The highest BCUT2D eigenvalue weighted by molar-refractivity contribution is 6.35. The van der Waals surface area contributed by atoms with E-state index in [1.54, 1.807) is 18.2 Å². The fraction of sp³-hybridized carbons (Fsp3) is 0.125. The van der Waals surface area contributed by atoms with Gasteiger partial charge < -0.3 is 4.74 Å². The van der Waals surface area contributed by atoms with Crippen molar-refractivity contribution in [3.8, 4) is 17.1 Å². The number of hydrogen-bond acceptors (Lipinski definition) is 3. The number of ether oxygens (including phenoxy) is 1. The summed E-state index contributed by atoms with van der Waals surface area (Å²) < 4.78 is 44.4. The molecule has 0 N–H and O–H groups in total. The maximum absolute atomic E-state index is 13.1. The molecule has 23 heavy (non-hydrogen) atoms. The largest absolute Gasteiger partial charge is 0.481 e. The third kappa shape index (κ3) is 2.94. The van der Waals surface area contributed by atoms with Crippen molar-refractivity contribution in [2.24, 2.45) is 0 Å². The number of halogens is 4. The van der Waals surface area contributed by atoms with E-state index < -0.39 is 11.7 Å². The number of fused-ring (bicyclic) bond motifs is 1. The Morgan fingerprint density at radius 3 is 2.61 bits per heavy atom. The van der Waals surface area contributed by atoms with Crippen LogP contribution in [0.25, 0.3) is 22.2 Å². The summed E-state index contributed by atoms with van der Waals surface area (Å²) in [7, 11) is 1.44. The first-order valence-corrected chi connectivity index (χ1v) is 6.95. The smallest absolute Gasteiger partial charge is 0.418 e. The summed E-state index contributed by atoms with van der Waals surface area (Å²) in [6, 6.07) is 8.48. The van der Waals surface area contributed by atoms with Crippen LogP contribution in [-0.2, 0) is 6.18 Å². The van der Waals surface area contributed by atoms with Crippen LogP contribution in [0.1, 0.15) is 5.56 Å². The van der Waals surface area contributed by atoms with E-state index in [-0.39, 0.29) is 11.6 Å². The number of benzene rings is 1. The van der Waals surface area contributed by atoms with Crippen molar-refractivity contribution in [1.82, 2.24) is 9.97 Å². The number of methoxy groups -OCH3 is 1. The summed E-state index contributed by atoms with van der Waals surface area (Å²) in [4.78, 5) is 8.09. The molecule has 1 aromatic carbocycles. The van der Waals surface area contributed by atoms with Crippen molar-refractivity contribution in [3.05, 3.63) is 53.2 Å². The Bertz CT molecular complexity index is 881. The lowest BCUT2D eigenvalue weighted by Crippen LogP contribution is -2.08. The molecule has 3 rings (SSSR count). The van der Waals surface area contributed by atoms with Gasteiger partial charge >= 0.3 is 6.18 Å². The molecule has 0 fully saturated rings. The van der Waals surface area contributed by atoms with Crippen LogP contribution in [0.2, 0.25) is 5.02 Å². The lowest BCUT2D eigenvalue weighted by molar-refractivity contribution is -0.137. The van der Waals surface area contributed by atoms with Gasteiger partial charge in [0.2, 0.25) is 5.88 Å². The van der Waals surface area contributed by atoms with E-state index in [1.165, 1.54) is 25.4 Å². The lowest BCUT2D eigenvalue weighted by atomic mass is 10.0. The van der Waals surface area contributed by atoms with Gasteiger partial charge in [0.25, 0.3) is 0 Å². The Kier molecular flexibility index (Phi) is 3.85. The lowest BCUT2D eigenvalue weighted by Gasteiger charge is -2.12. The van der Waals surface area contributed by atoms with E-state index in [4.69, 9.17) is 16.3 Å². The Labute approximate surface area is 134 Å². The molecule has 2 heterocycles. The SMILES string of the molecule is COc1cc(Cl)c2ccc(-c3ncccc3C(F)(F)F)cc2n1. The van der Waals surface area contributed by atoms with Crippen LogP contribution in [0.5, 0.6) is 5.88 Å². The van der Waals surface area contributed by atoms with E-state index in [9.17, 15) is 13.2 Å². The molecule has 0 spiro atoms. The minimum absolute atomic E-state index is 0.150. The van der Waals surface area contributed by atoms with Gasteiger partial charge in [-0.3, -0.25) is 4.98 Å². The number of nitrogens with zero attached hydrogens (tertiary/aromatic N) is 2. The molecule has 2 aromatic heterocycles. The molecule has 7 heteroatoms. The number of pyridine rings is 2. The Hall–Kier alpha value is -2.34. The molecule has 0 radical (unpaired) electrons. The van der Waals surface area contributed by atoms with Crippen molar-refractivity contribution in [1.29, 1.82) is 0 Å². The summed E-state index contributed by atoms with van der Waals surface area (Å²) >= 11 is 6.13. The number of alkyl halides is 3. The molecular weight excluding hydrogens is 329 g/mol. The van der Waals surface area contributed by atoms with Gasteiger partial charge in [0.05, 0.1) is 28.9 Å². The Balaban J connectivity index is 2.22. The van der Waals surface area contributed by atoms with Gasteiger partial charge in [-0.05, 0) is 18.2 Å². The van der Waals surface area contributed by atoms with Gasteiger partial charge in [0.1, 0.15) is 0 Å². The highest BCUT2D eigenvalue weighted by atomic mass is 35.5. The molecule has 3 nitrogen and oxygen atoms in total. The first kappa shape index (κ1) is 15.6. The minimum Gasteiger partial charge on any atom is -0.481 e. The number of rotatable bonds is 2. The molecule has 3 aromatic rings. The fourth-order valence-electron chi connectivity index (χ4n) is 2.28. The quantitative estimate of drug-likeness (QED) is 0.661. The van der Waals surface area contributed by atoms with E-state index in [0.717, 1.165) is 6.07 Å². The standard InChI is InChI=1S/C16H10ClF3N2O/c1-23-14-8-12(17)10-5-4-9(7-13(10)22-14)15-11(16(18,19)20)3-2-6-21-15/h2-8H,1H3. The average molecular weight is 339 g/mol. The third-order valence-electron chi connectivity index (χ3n) is 3.33. The summed E-state index contributed by atoms with van der Waals surface area (Å²) in [5, 5.41) is 1.04. The highest BCUT2D eigenvalue weighted by Gasteiger charge is 2.34. The van der Waals surface area contributed by atoms with Gasteiger partial charge in [-0.25, -0.2) is 4.98 Å². The normalized spacial score (nSPS) is 11.7. The maximum atomic E-state index is 13.1. The highest BCUT2D eigenvalue weighted by Crippen LogP contribution is 2.37. The molecule has 0 saturated carbocycles. The van der Waals surface area contributed by atoms with Crippen molar-refractivity contribution < 1.29 is 17.9 Å². The van der Waals surface area contributed by atoms with Crippen LogP contribution in [0.4, 0.5) is 13.2 Å². The van der Waals surface area contributed by atoms with Crippen LogP contribution >= 0.6 is 11.6 Å². The van der Waals surface area contributed by atoms with E-state index in [0.29, 0.717) is 21.5 Å². The second kappa shape index (κ2) is 5.70. The Morgan fingerprint density at radius 2 is 1.91 bits per heavy atom. The van der Waals surface area contributed by atoms with Gasteiger partial charge in [0.15, 0.2) is 0 Å². The first-order valence-electron chi connectivity index (χ1n) is 6.57. The predicted molar refractivity (Wildman–Crippen MR) is 81.5 cm³/mol. The van der Waals surface area contributed by atoms with Crippen LogP contribution in [-0.4, -0.2) is 17.1 Å². The molecule has 0 saturated heterocycles. The van der Waals surface area contributed by atoms with E-state index in [1.807, 2.05) is 0 Å².